The summed E-state index contributed by atoms with van der Waals surface area (Å²) in [4.78, 5) is 0. The Bertz CT molecular complexity index is 280. The van der Waals surface area contributed by atoms with Gasteiger partial charge >= 0.3 is 0 Å². The maximum atomic E-state index is 4.14. The minimum absolute atomic E-state index is 0.454. The molecule has 0 fully saturated rings. The van der Waals surface area contributed by atoms with Gasteiger partial charge in [0.25, 0.3) is 0 Å². The molecule has 0 aliphatic heterocycles. The number of hydrogen-bond acceptors (Lipinski definition) is 3. The van der Waals surface area contributed by atoms with Crippen LogP contribution >= 0.6 is 0 Å². The van der Waals surface area contributed by atoms with Gasteiger partial charge in [-0.15, -0.1) is 5.10 Å². The van der Waals surface area contributed by atoms with E-state index < -0.39 is 0 Å². The van der Waals surface area contributed by atoms with Gasteiger partial charge in [0.15, 0.2) is 0 Å². The molecule has 0 saturated heterocycles. The largest absolute Gasteiger partial charge is 0.309 e. The molecule has 0 aromatic carbocycles. The average molecular weight is 210 g/mol. The number of aromatic nitrogens is 3. The zero-order valence-electron chi connectivity index (χ0n) is 10.2. The van der Waals surface area contributed by atoms with Gasteiger partial charge in [-0.1, -0.05) is 32.4 Å². The lowest BCUT2D eigenvalue weighted by Gasteiger charge is -2.08. The van der Waals surface area contributed by atoms with Crippen molar-refractivity contribution in [1.82, 2.24) is 20.3 Å². The van der Waals surface area contributed by atoms with Crippen LogP contribution in [0, 0.1) is 0 Å². The van der Waals surface area contributed by atoms with Crippen LogP contribution in [0.4, 0.5) is 0 Å². The Labute approximate surface area is 92.1 Å². The molecule has 15 heavy (non-hydrogen) atoms. The first-order valence-corrected chi connectivity index (χ1v) is 5.77. The molecule has 0 spiro atoms. The summed E-state index contributed by atoms with van der Waals surface area (Å²) in [5, 5.41) is 11.6. The smallest absolute Gasteiger partial charge is 0.0965 e. The lowest BCUT2D eigenvalue weighted by Crippen LogP contribution is -2.21. The van der Waals surface area contributed by atoms with Crippen molar-refractivity contribution < 1.29 is 0 Å². The lowest BCUT2D eigenvalue weighted by atomic mass is 10.2. The Morgan fingerprint density at radius 3 is 2.73 bits per heavy atom. The Balaban J connectivity index is 2.48. The first-order chi connectivity index (χ1) is 7.13. The van der Waals surface area contributed by atoms with E-state index in [4.69, 9.17) is 0 Å². The van der Waals surface area contributed by atoms with Crippen LogP contribution < -0.4 is 5.32 Å². The van der Waals surface area contributed by atoms with E-state index in [9.17, 15) is 0 Å². The van der Waals surface area contributed by atoms with Crippen molar-refractivity contribution in [3.63, 3.8) is 0 Å². The van der Waals surface area contributed by atoms with Crippen molar-refractivity contribution in [3.05, 3.63) is 11.9 Å². The van der Waals surface area contributed by atoms with Crippen molar-refractivity contribution in [2.75, 3.05) is 0 Å². The molecule has 1 heterocycles. The Morgan fingerprint density at radius 1 is 1.40 bits per heavy atom. The third kappa shape index (κ3) is 4.00. The fourth-order valence-corrected chi connectivity index (χ4v) is 1.47. The second kappa shape index (κ2) is 5.85. The highest BCUT2D eigenvalue weighted by Crippen LogP contribution is 2.11. The Kier molecular flexibility index (Phi) is 4.75. The summed E-state index contributed by atoms with van der Waals surface area (Å²) in [6.07, 6.45) is 4.37. The topological polar surface area (TPSA) is 42.7 Å². The van der Waals surface area contributed by atoms with E-state index in [-0.39, 0.29) is 0 Å². The van der Waals surface area contributed by atoms with E-state index in [0.717, 1.165) is 18.7 Å². The molecule has 1 rings (SSSR count). The van der Waals surface area contributed by atoms with Crippen molar-refractivity contribution in [3.8, 4) is 0 Å². The van der Waals surface area contributed by atoms with E-state index in [1.807, 2.05) is 10.9 Å². The van der Waals surface area contributed by atoms with Crippen molar-refractivity contribution in [2.45, 2.75) is 59.2 Å². The highest BCUT2D eigenvalue weighted by atomic mass is 15.4. The summed E-state index contributed by atoms with van der Waals surface area (Å²) in [6, 6.07) is 0.943. The van der Waals surface area contributed by atoms with Crippen LogP contribution in [0.1, 0.15) is 52.3 Å². The van der Waals surface area contributed by atoms with Gasteiger partial charge in [-0.2, -0.15) is 0 Å². The molecule has 0 aliphatic rings. The normalized spacial score (nSPS) is 13.4. The van der Waals surface area contributed by atoms with Crippen LogP contribution in [0.25, 0.3) is 0 Å². The summed E-state index contributed by atoms with van der Waals surface area (Å²) < 4.78 is 1.96. The van der Waals surface area contributed by atoms with Gasteiger partial charge in [-0.25, -0.2) is 4.68 Å². The van der Waals surface area contributed by atoms with Gasteiger partial charge in [0.2, 0.25) is 0 Å². The van der Waals surface area contributed by atoms with Crippen LogP contribution in [0.15, 0.2) is 6.20 Å². The number of hydrogen-bond donors (Lipinski definition) is 1. The molecule has 1 aromatic heterocycles. The predicted molar refractivity (Wildman–Crippen MR) is 61.6 cm³/mol. The summed E-state index contributed by atoms with van der Waals surface area (Å²) in [7, 11) is 0. The molecule has 0 aliphatic carbocycles. The monoisotopic (exact) mass is 210 g/mol. The van der Waals surface area contributed by atoms with Crippen molar-refractivity contribution in [1.29, 1.82) is 0 Å². The Morgan fingerprint density at radius 2 is 2.13 bits per heavy atom. The minimum atomic E-state index is 0.454. The average Bonchev–Trinajstić information content (AvgIpc) is 2.63. The third-order valence-electron chi connectivity index (χ3n) is 2.41. The predicted octanol–water partition coefficient (Wildman–Crippen LogP) is 2.14. The highest BCUT2D eigenvalue weighted by molar-refractivity contribution is 4.92. The molecule has 0 amide bonds. The minimum Gasteiger partial charge on any atom is -0.309 e. The van der Waals surface area contributed by atoms with E-state index >= 15 is 0 Å². The zero-order chi connectivity index (χ0) is 11.3. The first kappa shape index (κ1) is 12.2. The van der Waals surface area contributed by atoms with Gasteiger partial charge < -0.3 is 5.32 Å². The number of rotatable bonds is 6. The summed E-state index contributed by atoms with van der Waals surface area (Å²) in [5.74, 6) is 0. The summed E-state index contributed by atoms with van der Waals surface area (Å²) in [6.45, 7) is 9.43. The van der Waals surface area contributed by atoms with E-state index in [1.165, 1.54) is 6.42 Å². The first-order valence-electron chi connectivity index (χ1n) is 5.77. The van der Waals surface area contributed by atoms with Crippen LogP contribution in [0.3, 0.4) is 0 Å². The van der Waals surface area contributed by atoms with Crippen LogP contribution in [-0.4, -0.2) is 21.0 Å². The highest BCUT2D eigenvalue weighted by Gasteiger charge is 2.06. The molecule has 1 N–H and O–H groups in total. The molecule has 1 atom stereocenters. The zero-order valence-corrected chi connectivity index (χ0v) is 10.2. The van der Waals surface area contributed by atoms with Gasteiger partial charge in [-0.05, 0) is 13.3 Å². The molecule has 0 bridgehead atoms. The van der Waals surface area contributed by atoms with Crippen LogP contribution in [0.5, 0.6) is 0 Å². The summed E-state index contributed by atoms with van der Waals surface area (Å²) >= 11 is 0. The molecule has 1 unspecified atom stereocenters. The van der Waals surface area contributed by atoms with Gasteiger partial charge in [0.05, 0.1) is 17.9 Å². The standard InChI is InChI=1S/C11H22N4/c1-5-6-10(4)15-8-11(13-14-15)7-12-9(2)3/h8-10,12H,5-7H2,1-4H3. The molecule has 4 nitrogen and oxygen atoms in total. The third-order valence-corrected chi connectivity index (χ3v) is 2.41. The van der Waals surface area contributed by atoms with Gasteiger partial charge in [0, 0.05) is 12.6 Å². The second-order valence-corrected chi connectivity index (χ2v) is 4.36. The summed E-state index contributed by atoms with van der Waals surface area (Å²) in [5.41, 5.74) is 1.02. The van der Waals surface area contributed by atoms with Crippen LogP contribution in [0.2, 0.25) is 0 Å². The van der Waals surface area contributed by atoms with E-state index in [0.29, 0.717) is 12.1 Å². The molecule has 0 saturated carbocycles. The Hall–Kier alpha value is -0.900. The lowest BCUT2D eigenvalue weighted by molar-refractivity contribution is 0.443. The second-order valence-electron chi connectivity index (χ2n) is 4.36. The maximum Gasteiger partial charge on any atom is 0.0965 e. The SMILES string of the molecule is CCCC(C)n1cc(CNC(C)C)nn1. The number of nitrogens with zero attached hydrogens (tertiary/aromatic N) is 3. The maximum absolute atomic E-state index is 4.14. The number of nitrogens with one attached hydrogen (secondary N) is 1. The van der Waals surface area contributed by atoms with Crippen LogP contribution in [-0.2, 0) is 6.54 Å². The fourth-order valence-electron chi connectivity index (χ4n) is 1.47. The molecule has 1 aromatic rings. The molecular formula is C11H22N4. The van der Waals surface area contributed by atoms with Crippen molar-refractivity contribution >= 4 is 0 Å². The van der Waals surface area contributed by atoms with Gasteiger partial charge in [-0.3, -0.25) is 0 Å². The molecular weight excluding hydrogens is 188 g/mol. The molecule has 86 valence electrons. The van der Waals surface area contributed by atoms with Gasteiger partial charge in [0.1, 0.15) is 0 Å². The van der Waals surface area contributed by atoms with E-state index in [1.54, 1.807) is 0 Å². The fraction of sp³-hybridized carbons (Fsp3) is 0.818. The molecule has 0 radical (unpaired) electrons. The van der Waals surface area contributed by atoms with E-state index in [2.05, 4.69) is 43.3 Å². The van der Waals surface area contributed by atoms with Crippen molar-refractivity contribution in [2.24, 2.45) is 0 Å². The molecule has 4 heteroatoms. The quantitative estimate of drug-likeness (QED) is 0.782.